The van der Waals surface area contributed by atoms with Crippen molar-refractivity contribution in [1.82, 2.24) is 5.32 Å². The van der Waals surface area contributed by atoms with Crippen LogP contribution in [-0.4, -0.2) is 13.0 Å². The number of halogens is 2. The summed E-state index contributed by atoms with van der Waals surface area (Å²) in [6.07, 6.45) is 0. The van der Waals surface area contributed by atoms with Crippen molar-refractivity contribution in [2.24, 2.45) is 0 Å². The van der Waals surface area contributed by atoms with E-state index in [1.807, 2.05) is 0 Å². The van der Waals surface area contributed by atoms with Crippen LogP contribution in [-0.2, 0) is 0 Å². The molecule has 3 nitrogen and oxygen atoms in total. The number of nitrogens with one attached hydrogen (secondary N) is 1. The Morgan fingerprint density at radius 3 is 2.69 bits per heavy atom. The molecule has 13 heavy (non-hydrogen) atoms. The molecular weight excluding hydrogens is 255 g/mol. The number of hydrogen-bond donors (Lipinski definition) is 2. The van der Waals surface area contributed by atoms with Gasteiger partial charge in [0.2, 0.25) is 0 Å². The van der Waals surface area contributed by atoms with E-state index in [0.717, 1.165) is 0 Å². The number of amides is 1. The van der Waals surface area contributed by atoms with E-state index in [1.165, 1.54) is 6.07 Å². The Labute approximate surface area is 89.4 Å². The van der Waals surface area contributed by atoms with Gasteiger partial charge >= 0.3 is 0 Å². The molecule has 0 unspecified atom stereocenters. The quantitative estimate of drug-likeness (QED) is 0.762. The normalized spacial score (nSPS) is 9.77. The van der Waals surface area contributed by atoms with Gasteiger partial charge < -0.3 is 11.1 Å². The third-order valence-electron chi connectivity index (χ3n) is 1.57. The molecule has 1 rings (SSSR count). The van der Waals surface area contributed by atoms with E-state index in [1.54, 1.807) is 13.1 Å². The van der Waals surface area contributed by atoms with Crippen molar-refractivity contribution in [3.63, 3.8) is 0 Å². The van der Waals surface area contributed by atoms with Crippen molar-refractivity contribution in [3.8, 4) is 0 Å². The first kappa shape index (κ1) is 10.3. The maximum atomic E-state index is 11.2. The highest BCUT2D eigenvalue weighted by Crippen LogP contribution is 2.28. The molecule has 0 aliphatic rings. The molecule has 3 N–H and O–H groups in total. The average molecular weight is 264 g/mol. The minimum atomic E-state index is -0.192. The molecule has 5 heteroatoms. The van der Waals surface area contributed by atoms with Crippen LogP contribution in [0.1, 0.15) is 10.4 Å². The van der Waals surface area contributed by atoms with Crippen molar-refractivity contribution in [1.29, 1.82) is 0 Å². The second-order valence-electron chi connectivity index (χ2n) is 2.43. The first-order valence-corrected chi connectivity index (χ1v) is 4.70. The third-order valence-corrected chi connectivity index (χ3v) is 2.54. The lowest BCUT2D eigenvalue weighted by Crippen LogP contribution is -2.17. The van der Waals surface area contributed by atoms with E-state index in [9.17, 15) is 4.79 Å². The summed E-state index contributed by atoms with van der Waals surface area (Å²) in [5.74, 6) is -0.192. The molecule has 0 saturated heterocycles. The molecule has 0 radical (unpaired) electrons. The van der Waals surface area contributed by atoms with E-state index in [2.05, 4.69) is 21.2 Å². The van der Waals surface area contributed by atoms with Gasteiger partial charge in [-0.1, -0.05) is 11.6 Å². The summed E-state index contributed by atoms with van der Waals surface area (Å²) in [6.45, 7) is 0. The van der Waals surface area contributed by atoms with E-state index in [4.69, 9.17) is 17.3 Å². The van der Waals surface area contributed by atoms with Crippen molar-refractivity contribution < 1.29 is 4.79 Å². The SMILES string of the molecule is CNC(=O)c1cc(Cl)c(N)c(Br)c1. The molecular formula is C8H8BrClN2O. The first-order valence-electron chi connectivity index (χ1n) is 3.53. The number of nitrogen functional groups attached to an aromatic ring is 1. The highest BCUT2D eigenvalue weighted by atomic mass is 79.9. The number of anilines is 1. The fourth-order valence-corrected chi connectivity index (χ4v) is 1.65. The van der Waals surface area contributed by atoms with Crippen LogP contribution in [0.15, 0.2) is 16.6 Å². The van der Waals surface area contributed by atoms with Gasteiger partial charge in [0.25, 0.3) is 5.91 Å². The number of rotatable bonds is 1. The zero-order valence-corrected chi connectivity index (χ0v) is 9.24. The Balaban J connectivity index is 3.20. The van der Waals surface area contributed by atoms with Crippen LogP contribution >= 0.6 is 27.5 Å². The molecule has 1 amide bonds. The van der Waals surface area contributed by atoms with E-state index < -0.39 is 0 Å². The predicted octanol–water partition coefficient (Wildman–Crippen LogP) is 2.04. The molecule has 0 spiro atoms. The van der Waals surface area contributed by atoms with Gasteiger partial charge in [0.15, 0.2) is 0 Å². The molecule has 0 heterocycles. The summed E-state index contributed by atoms with van der Waals surface area (Å²) in [4.78, 5) is 11.2. The zero-order chi connectivity index (χ0) is 10.0. The fraction of sp³-hybridized carbons (Fsp3) is 0.125. The lowest BCUT2D eigenvalue weighted by molar-refractivity contribution is 0.0963. The van der Waals surface area contributed by atoms with E-state index in [0.29, 0.717) is 20.7 Å². The highest BCUT2D eigenvalue weighted by Gasteiger charge is 2.08. The summed E-state index contributed by atoms with van der Waals surface area (Å²) in [7, 11) is 1.56. The summed E-state index contributed by atoms with van der Waals surface area (Å²) in [5, 5.41) is 2.86. The fourth-order valence-electron chi connectivity index (χ4n) is 0.860. The Kier molecular flexibility index (Phi) is 3.17. The molecule has 70 valence electrons. The largest absolute Gasteiger partial charge is 0.397 e. The molecule has 0 aromatic heterocycles. The summed E-state index contributed by atoms with van der Waals surface area (Å²) >= 11 is 8.99. The van der Waals surface area contributed by atoms with Gasteiger partial charge in [-0.25, -0.2) is 0 Å². The molecule has 0 aliphatic heterocycles. The average Bonchev–Trinajstić information content (AvgIpc) is 2.12. The van der Waals surface area contributed by atoms with Gasteiger partial charge in [0.1, 0.15) is 0 Å². The van der Waals surface area contributed by atoms with Gasteiger partial charge in [0, 0.05) is 17.1 Å². The van der Waals surface area contributed by atoms with Crippen molar-refractivity contribution in [2.75, 3.05) is 12.8 Å². The Bertz CT molecular complexity index is 331. The Morgan fingerprint density at radius 2 is 2.23 bits per heavy atom. The predicted molar refractivity (Wildman–Crippen MR) is 57.0 cm³/mol. The van der Waals surface area contributed by atoms with Gasteiger partial charge in [-0.05, 0) is 28.1 Å². The smallest absolute Gasteiger partial charge is 0.251 e. The maximum Gasteiger partial charge on any atom is 0.251 e. The van der Waals surface area contributed by atoms with Crippen LogP contribution in [0.4, 0.5) is 5.69 Å². The number of carbonyl (C=O) groups excluding carboxylic acids is 1. The van der Waals surface area contributed by atoms with Gasteiger partial charge in [-0.15, -0.1) is 0 Å². The van der Waals surface area contributed by atoms with Gasteiger partial charge in [-0.3, -0.25) is 4.79 Å². The Hall–Kier alpha value is -0.740. The number of benzene rings is 1. The van der Waals surface area contributed by atoms with Crippen LogP contribution < -0.4 is 11.1 Å². The van der Waals surface area contributed by atoms with Crippen LogP contribution in [0.2, 0.25) is 5.02 Å². The number of nitrogens with two attached hydrogens (primary N) is 1. The van der Waals surface area contributed by atoms with Crippen LogP contribution in [0.5, 0.6) is 0 Å². The number of carbonyl (C=O) groups is 1. The second kappa shape index (κ2) is 3.98. The minimum absolute atomic E-state index is 0.192. The topological polar surface area (TPSA) is 55.1 Å². The standard InChI is InChI=1S/C8H8BrClN2O/c1-12-8(13)4-2-5(9)7(11)6(10)3-4/h2-3H,11H2,1H3,(H,12,13). The lowest BCUT2D eigenvalue weighted by Gasteiger charge is -2.04. The Morgan fingerprint density at radius 1 is 1.62 bits per heavy atom. The summed E-state index contributed by atoms with van der Waals surface area (Å²) in [5.41, 5.74) is 6.50. The molecule has 0 saturated carbocycles. The van der Waals surface area contributed by atoms with Crippen molar-refractivity contribution in [2.45, 2.75) is 0 Å². The van der Waals surface area contributed by atoms with Gasteiger partial charge in [-0.2, -0.15) is 0 Å². The molecule has 0 fully saturated rings. The molecule has 0 bridgehead atoms. The molecule has 1 aromatic carbocycles. The molecule has 0 atom stereocenters. The zero-order valence-electron chi connectivity index (χ0n) is 6.90. The van der Waals surface area contributed by atoms with Gasteiger partial charge in [0.05, 0.1) is 10.7 Å². The summed E-state index contributed by atoms with van der Waals surface area (Å²) < 4.78 is 0.624. The van der Waals surface area contributed by atoms with E-state index >= 15 is 0 Å². The van der Waals surface area contributed by atoms with Crippen molar-refractivity contribution in [3.05, 3.63) is 27.2 Å². The van der Waals surface area contributed by atoms with Crippen molar-refractivity contribution >= 4 is 39.1 Å². The van der Waals surface area contributed by atoms with Crippen LogP contribution in [0, 0.1) is 0 Å². The monoisotopic (exact) mass is 262 g/mol. The lowest BCUT2D eigenvalue weighted by atomic mass is 10.2. The van der Waals surface area contributed by atoms with Crippen LogP contribution in [0.25, 0.3) is 0 Å². The maximum absolute atomic E-state index is 11.2. The molecule has 1 aromatic rings. The number of hydrogen-bond acceptors (Lipinski definition) is 2. The highest BCUT2D eigenvalue weighted by molar-refractivity contribution is 9.10. The minimum Gasteiger partial charge on any atom is -0.397 e. The third kappa shape index (κ3) is 2.14. The summed E-state index contributed by atoms with van der Waals surface area (Å²) in [6, 6.07) is 3.15. The first-order chi connectivity index (χ1) is 6.06. The second-order valence-corrected chi connectivity index (χ2v) is 3.69. The van der Waals surface area contributed by atoms with Crippen LogP contribution in [0.3, 0.4) is 0 Å². The molecule has 0 aliphatic carbocycles. The van der Waals surface area contributed by atoms with E-state index in [-0.39, 0.29) is 5.91 Å².